The number of piperidine rings is 1. The van der Waals surface area contributed by atoms with Crippen molar-refractivity contribution in [2.45, 2.75) is 94.3 Å². The molecule has 0 radical (unpaired) electrons. The van der Waals surface area contributed by atoms with Gasteiger partial charge in [-0.2, -0.15) is 0 Å². The lowest BCUT2D eigenvalue weighted by Gasteiger charge is -2.45. The second kappa shape index (κ2) is 12.4. The van der Waals surface area contributed by atoms with E-state index in [1.807, 2.05) is 0 Å². The van der Waals surface area contributed by atoms with Gasteiger partial charge in [0.15, 0.2) is 0 Å². The van der Waals surface area contributed by atoms with Gasteiger partial charge < -0.3 is 14.6 Å². The predicted molar refractivity (Wildman–Crippen MR) is 176 cm³/mol. The molecule has 3 fully saturated rings. The Hall–Kier alpha value is -3.97. The maximum atomic E-state index is 13.1. The number of nitrogens with one attached hydrogen (secondary N) is 1. The highest BCUT2D eigenvalue weighted by atomic mass is 16.5. The number of amides is 1. The normalized spacial score (nSPS) is 26.5. The van der Waals surface area contributed by atoms with Gasteiger partial charge in [-0.3, -0.25) is 9.69 Å². The number of hydrogen-bond donors (Lipinski definition) is 1. The largest absolute Gasteiger partial charge is 0.465 e. The summed E-state index contributed by atoms with van der Waals surface area (Å²) in [4.78, 5) is 32.8. The number of ether oxygens (including phenoxy) is 1. The molecular weight excluding hydrogens is 560 g/mol. The number of esters is 1. The number of fused-ring (bicyclic) bond motifs is 3. The fourth-order valence-corrected chi connectivity index (χ4v) is 8.75. The fraction of sp³-hybridized carbons (Fsp3) is 0.447. The van der Waals surface area contributed by atoms with Gasteiger partial charge in [-0.15, -0.1) is 0 Å². The molecule has 2 saturated heterocycles. The van der Waals surface area contributed by atoms with Gasteiger partial charge in [-0.1, -0.05) is 48.5 Å². The van der Waals surface area contributed by atoms with E-state index in [1.165, 1.54) is 43.9 Å². The van der Waals surface area contributed by atoms with Crippen LogP contribution in [0.5, 0.6) is 0 Å². The van der Waals surface area contributed by atoms with Crippen molar-refractivity contribution < 1.29 is 14.3 Å². The molecule has 1 aliphatic carbocycles. The summed E-state index contributed by atoms with van der Waals surface area (Å²) in [6.07, 6.45) is 10.1. The minimum Gasteiger partial charge on any atom is -0.465 e. The summed E-state index contributed by atoms with van der Waals surface area (Å²) in [5.74, 6) is 0.577. The number of imidazole rings is 1. The zero-order valence-corrected chi connectivity index (χ0v) is 26.5. The first-order valence-electron chi connectivity index (χ1n) is 16.7. The van der Waals surface area contributed by atoms with Gasteiger partial charge in [0.1, 0.15) is 5.82 Å². The third-order valence-corrected chi connectivity index (χ3v) is 11.1. The lowest BCUT2D eigenvalue weighted by Crippen LogP contribution is -2.47. The summed E-state index contributed by atoms with van der Waals surface area (Å²) in [5, 5.41) is 3.26. The Kier molecular flexibility index (Phi) is 8.21. The van der Waals surface area contributed by atoms with Gasteiger partial charge >= 0.3 is 5.97 Å². The molecule has 3 aliphatic rings. The molecule has 1 aromatic heterocycles. The van der Waals surface area contributed by atoms with Gasteiger partial charge in [-0.05, 0) is 113 Å². The van der Waals surface area contributed by atoms with Crippen LogP contribution in [0.2, 0.25) is 0 Å². The van der Waals surface area contributed by atoms with Crippen molar-refractivity contribution in [1.29, 1.82) is 0 Å². The molecule has 1 amide bonds. The fourth-order valence-electron chi connectivity index (χ4n) is 8.75. The number of aryl methyl sites for hydroxylation is 1. The van der Waals surface area contributed by atoms with Crippen molar-refractivity contribution in [2.24, 2.45) is 0 Å². The van der Waals surface area contributed by atoms with E-state index in [1.54, 1.807) is 24.3 Å². The van der Waals surface area contributed by atoms with E-state index in [9.17, 15) is 9.59 Å². The smallest absolute Gasteiger partial charge is 0.337 e. The summed E-state index contributed by atoms with van der Waals surface area (Å²) in [6, 6.07) is 28.3. The number of methoxy groups -OCH3 is 1. The van der Waals surface area contributed by atoms with Crippen LogP contribution in [0.15, 0.2) is 78.9 Å². The lowest BCUT2D eigenvalue weighted by atomic mass is 9.66. The molecule has 1 saturated carbocycles. The van der Waals surface area contributed by atoms with Gasteiger partial charge in [0.05, 0.1) is 23.7 Å². The van der Waals surface area contributed by atoms with Crippen LogP contribution in [0.1, 0.15) is 95.9 Å². The number of para-hydroxylation sites is 2. The number of rotatable bonds is 8. The molecule has 234 valence electrons. The Labute approximate surface area is 266 Å². The second-order valence-electron chi connectivity index (χ2n) is 13.5. The van der Waals surface area contributed by atoms with Crippen LogP contribution in [0.4, 0.5) is 0 Å². The quantitative estimate of drug-likeness (QED) is 0.219. The number of carbonyl (C=O) groups excluding carboxylic acids is 2. The molecule has 2 aliphatic heterocycles. The van der Waals surface area contributed by atoms with E-state index in [4.69, 9.17) is 9.72 Å². The van der Waals surface area contributed by atoms with E-state index in [0.29, 0.717) is 29.3 Å². The first kappa shape index (κ1) is 29.7. The zero-order valence-electron chi connectivity index (χ0n) is 26.5. The zero-order chi connectivity index (χ0) is 31.0. The van der Waals surface area contributed by atoms with Crippen molar-refractivity contribution in [1.82, 2.24) is 19.8 Å². The first-order chi connectivity index (χ1) is 21.9. The summed E-state index contributed by atoms with van der Waals surface area (Å²) in [5.41, 5.74) is 4.81. The molecule has 7 rings (SSSR count). The highest BCUT2D eigenvalue weighted by Crippen LogP contribution is 2.46. The molecular formula is C38H44N4O3. The average Bonchev–Trinajstić information content (AvgIpc) is 3.54. The average molecular weight is 605 g/mol. The maximum absolute atomic E-state index is 13.1. The summed E-state index contributed by atoms with van der Waals surface area (Å²) < 4.78 is 7.35. The standard InChI is InChI=1S/C38H44N4O3/c1-26-39-34-13-6-7-14-35(34)42(26)33-24-31-15-16-32(25-33)41(31)22-21-38(29-11-4-3-5-12-29)19-17-30(18-20-38)40-36(43)27-9-8-10-28(23-27)37(44)45-2/h3-14,23,30-33H,15-22,24-25H2,1-2H3,(H,40,43). The van der Waals surface area contributed by atoms with Gasteiger partial charge in [-0.25, -0.2) is 9.78 Å². The molecule has 45 heavy (non-hydrogen) atoms. The number of hydrogen-bond acceptors (Lipinski definition) is 5. The third-order valence-electron chi connectivity index (χ3n) is 11.1. The number of nitrogens with zero attached hydrogens (tertiary/aromatic N) is 3. The Morgan fingerprint density at radius 2 is 1.56 bits per heavy atom. The van der Waals surface area contributed by atoms with Crippen molar-refractivity contribution in [3.8, 4) is 0 Å². The molecule has 3 heterocycles. The van der Waals surface area contributed by atoms with Gasteiger partial charge in [0.2, 0.25) is 0 Å². The second-order valence-corrected chi connectivity index (χ2v) is 13.5. The molecule has 2 bridgehead atoms. The minimum absolute atomic E-state index is 0.112. The molecule has 2 atom stereocenters. The monoisotopic (exact) mass is 604 g/mol. The highest BCUT2D eigenvalue weighted by Gasteiger charge is 2.44. The van der Waals surface area contributed by atoms with Crippen LogP contribution in [0.3, 0.4) is 0 Å². The molecule has 7 heteroatoms. The van der Waals surface area contributed by atoms with E-state index >= 15 is 0 Å². The number of aromatic nitrogens is 2. The SMILES string of the molecule is COC(=O)c1cccc(C(=O)NC2CCC(CCN3C4CCC3CC(n3c(C)nc5ccccc53)C4)(c3ccccc3)CC2)c1. The summed E-state index contributed by atoms with van der Waals surface area (Å²) in [7, 11) is 1.35. The molecule has 4 aromatic rings. The molecule has 7 nitrogen and oxygen atoms in total. The number of carbonyl (C=O) groups is 2. The van der Waals surface area contributed by atoms with E-state index in [-0.39, 0.29) is 17.4 Å². The molecule has 0 spiro atoms. The van der Waals surface area contributed by atoms with Crippen LogP contribution in [-0.4, -0.2) is 58.1 Å². The van der Waals surface area contributed by atoms with Gasteiger partial charge in [0.25, 0.3) is 5.91 Å². The molecule has 3 aromatic carbocycles. The minimum atomic E-state index is -0.432. The Morgan fingerprint density at radius 3 is 2.29 bits per heavy atom. The van der Waals surface area contributed by atoms with Crippen LogP contribution in [0, 0.1) is 6.92 Å². The Bertz CT molecular complexity index is 1660. The Morgan fingerprint density at radius 1 is 0.867 bits per heavy atom. The predicted octanol–water partition coefficient (Wildman–Crippen LogP) is 7.00. The Balaban J connectivity index is 1.02. The van der Waals surface area contributed by atoms with Crippen molar-refractivity contribution >= 4 is 22.9 Å². The summed E-state index contributed by atoms with van der Waals surface area (Å²) in [6.45, 7) is 3.29. The van der Waals surface area contributed by atoms with Crippen molar-refractivity contribution in [3.63, 3.8) is 0 Å². The summed E-state index contributed by atoms with van der Waals surface area (Å²) >= 11 is 0. The number of benzene rings is 3. The van der Waals surface area contributed by atoms with Crippen molar-refractivity contribution in [2.75, 3.05) is 13.7 Å². The van der Waals surface area contributed by atoms with Gasteiger partial charge in [0, 0.05) is 29.7 Å². The highest BCUT2D eigenvalue weighted by molar-refractivity contribution is 5.98. The molecule has 1 N–H and O–H groups in total. The van der Waals surface area contributed by atoms with Crippen LogP contribution >= 0.6 is 0 Å². The molecule has 2 unspecified atom stereocenters. The van der Waals surface area contributed by atoms with Crippen LogP contribution < -0.4 is 5.32 Å². The van der Waals surface area contributed by atoms with Crippen LogP contribution in [0.25, 0.3) is 11.0 Å². The maximum Gasteiger partial charge on any atom is 0.337 e. The lowest BCUT2D eigenvalue weighted by molar-refractivity contribution is 0.0600. The topological polar surface area (TPSA) is 76.5 Å². The third kappa shape index (κ3) is 5.79. The first-order valence-corrected chi connectivity index (χ1v) is 16.7. The van der Waals surface area contributed by atoms with Crippen molar-refractivity contribution in [3.05, 3.63) is 101 Å². The van der Waals surface area contributed by atoms with E-state index in [0.717, 1.165) is 50.0 Å². The van der Waals surface area contributed by atoms with E-state index < -0.39 is 5.97 Å². The van der Waals surface area contributed by atoms with E-state index in [2.05, 4.69) is 76.3 Å². The van der Waals surface area contributed by atoms with Crippen LogP contribution in [-0.2, 0) is 10.2 Å².